The van der Waals surface area contributed by atoms with Gasteiger partial charge in [-0.25, -0.2) is 18.7 Å². The van der Waals surface area contributed by atoms with Crippen molar-refractivity contribution in [1.82, 2.24) is 9.97 Å². The number of hydrogen-bond donors (Lipinski definition) is 0. The molecule has 1 aromatic heterocycles. The van der Waals surface area contributed by atoms with E-state index in [-0.39, 0.29) is 16.8 Å². The molecule has 1 saturated carbocycles. The van der Waals surface area contributed by atoms with Crippen molar-refractivity contribution in [3.8, 4) is 28.6 Å². The van der Waals surface area contributed by atoms with Crippen LogP contribution in [0.3, 0.4) is 0 Å². The fourth-order valence-corrected chi connectivity index (χ4v) is 6.41. The number of benzene rings is 2. The van der Waals surface area contributed by atoms with Gasteiger partial charge in [0.2, 0.25) is 0 Å². The summed E-state index contributed by atoms with van der Waals surface area (Å²) in [5.41, 5.74) is 3.24. The summed E-state index contributed by atoms with van der Waals surface area (Å²) < 4.78 is 28.1. The normalized spacial score (nSPS) is 15.7. The summed E-state index contributed by atoms with van der Waals surface area (Å²) in [4.78, 5) is 8.73. The van der Waals surface area contributed by atoms with Crippen LogP contribution in [0.5, 0.6) is 0 Å². The van der Waals surface area contributed by atoms with Gasteiger partial charge in [0.15, 0.2) is 5.82 Å². The van der Waals surface area contributed by atoms with Crippen molar-refractivity contribution in [2.45, 2.75) is 96.3 Å². The maximum absolute atomic E-state index is 14.1. The van der Waals surface area contributed by atoms with Crippen molar-refractivity contribution >= 4 is 0 Å². The van der Waals surface area contributed by atoms with Crippen LogP contribution in [0.15, 0.2) is 48.8 Å². The Kier molecular flexibility index (Phi) is 9.61. The molecule has 0 spiro atoms. The third-order valence-electron chi connectivity index (χ3n) is 8.43. The lowest BCUT2D eigenvalue weighted by atomic mass is 9.59. The maximum atomic E-state index is 14.1. The number of hydrogen-bond acceptors (Lipinski definition) is 3. The zero-order valence-electron chi connectivity index (χ0n) is 22.8. The molecule has 1 aliphatic rings. The second kappa shape index (κ2) is 13.1. The largest absolute Gasteiger partial charge is 0.236 e. The molecule has 3 aromatic rings. The first-order valence-corrected chi connectivity index (χ1v) is 14.3. The van der Waals surface area contributed by atoms with Crippen LogP contribution in [0, 0.1) is 28.9 Å². The lowest BCUT2D eigenvalue weighted by molar-refractivity contribution is 0.165. The highest BCUT2D eigenvalue weighted by molar-refractivity contribution is 5.64. The van der Waals surface area contributed by atoms with Crippen LogP contribution in [-0.4, -0.2) is 9.97 Å². The molecule has 4 rings (SSSR count). The first-order chi connectivity index (χ1) is 18.5. The number of aromatic nitrogens is 2. The molecule has 1 fully saturated rings. The van der Waals surface area contributed by atoms with Gasteiger partial charge < -0.3 is 0 Å². The van der Waals surface area contributed by atoms with Gasteiger partial charge in [0.25, 0.3) is 0 Å². The van der Waals surface area contributed by atoms with E-state index in [1.165, 1.54) is 82.6 Å². The molecule has 5 heteroatoms. The minimum absolute atomic E-state index is 0.209. The average molecular weight is 516 g/mol. The monoisotopic (exact) mass is 515 g/mol. The first kappa shape index (κ1) is 27.9. The van der Waals surface area contributed by atoms with Crippen LogP contribution in [0.1, 0.15) is 102 Å². The Morgan fingerprint density at radius 2 is 1.47 bits per heavy atom. The van der Waals surface area contributed by atoms with Crippen molar-refractivity contribution in [3.05, 3.63) is 71.6 Å². The van der Waals surface area contributed by atoms with Gasteiger partial charge in [0, 0.05) is 23.5 Å². The minimum Gasteiger partial charge on any atom is -0.236 e. The number of halogens is 2. The van der Waals surface area contributed by atoms with Crippen molar-refractivity contribution < 1.29 is 8.78 Å². The van der Waals surface area contributed by atoms with Crippen LogP contribution in [0.2, 0.25) is 0 Å². The quantitative estimate of drug-likeness (QED) is 0.239. The Labute approximate surface area is 226 Å². The van der Waals surface area contributed by atoms with Crippen LogP contribution in [0.25, 0.3) is 22.5 Å². The summed E-state index contributed by atoms with van der Waals surface area (Å²) in [6.07, 6.45) is 19.0. The molecule has 2 aromatic carbocycles. The molecule has 3 nitrogen and oxygen atoms in total. The van der Waals surface area contributed by atoms with Crippen molar-refractivity contribution in [3.63, 3.8) is 0 Å². The minimum atomic E-state index is -0.908. The van der Waals surface area contributed by atoms with Crippen molar-refractivity contribution in [2.24, 2.45) is 5.92 Å². The summed E-state index contributed by atoms with van der Waals surface area (Å²) in [7, 11) is 0. The van der Waals surface area contributed by atoms with E-state index in [4.69, 9.17) is 5.26 Å². The highest BCUT2D eigenvalue weighted by atomic mass is 19.1. The standard InChI is InChI=1S/C33H39F2N3/c1-3-5-6-8-12-27(11-4-2)33(17-9-7-10-18-33)28-15-13-24(14-16-28)26-22-37-32(38-23-26)25-19-30(34)29(21-36)31(35)20-25/h13-16,19-20,22-23,27H,3-12,17-18H2,1-2H3. The molecule has 0 amide bonds. The van der Waals surface area contributed by atoms with Gasteiger partial charge in [-0.1, -0.05) is 89.5 Å². The lowest BCUT2D eigenvalue weighted by Crippen LogP contribution is -2.37. The Bertz CT molecular complexity index is 1200. The molecular weight excluding hydrogens is 476 g/mol. The molecule has 0 aliphatic heterocycles. The Morgan fingerprint density at radius 1 is 0.816 bits per heavy atom. The molecule has 1 aliphatic carbocycles. The molecule has 200 valence electrons. The summed E-state index contributed by atoms with van der Waals surface area (Å²) >= 11 is 0. The zero-order valence-corrected chi connectivity index (χ0v) is 22.8. The molecule has 0 saturated heterocycles. The van der Waals surface area contributed by atoms with Crippen LogP contribution < -0.4 is 0 Å². The predicted molar refractivity (Wildman–Crippen MR) is 149 cm³/mol. The third-order valence-corrected chi connectivity index (χ3v) is 8.43. The number of unbranched alkanes of at least 4 members (excludes halogenated alkanes) is 3. The SMILES string of the molecule is CCCCCCC(CCC)C1(c2ccc(-c3cnc(-c4cc(F)c(C#N)c(F)c4)nc3)cc2)CCCCC1. The Morgan fingerprint density at radius 3 is 2.05 bits per heavy atom. The van der Waals surface area contributed by atoms with E-state index in [0.29, 0.717) is 0 Å². The fraction of sp³-hybridized carbons (Fsp3) is 0.485. The van der Waals surface area contributed by atoms with Gasteiger partial charge in [-0.15, -0.1) is 0 Å². The summed E-state index contributed by atoms with van der Waals surface area (Å²) in [6.45, 7) is 4.60. The fourth-order valence-electron chi connectivity index (χ4n) is 6.41. The van der Waals surface area contributed by atoms with Gasteiger partial charge in [-0.05, 0) is 60.3 Å². The number of nitrogens with zero attached hydrogens (tertiary/aromatic N) is 3. The topological polar surface area (TPSA) is 49.6 Å². The van der Waals surface area contributed by atoms with Gasteiger partial charge >= 0.3 is 0 Å². The van der Waals surface area contributed by atoms with Crippen LogP contribution in [-0.2, 0) is 5.41 Å². The van der Waals surface area contributed by atoms with E-state index in [0.717, 1.165) is 29.2 Å². The molecule has 1 heterocycles. The smallest absolute Gasteiger partial charge is 0.159 e. The maximum Gasteiger partial charge on any atom is 0.159 e. The van der Waals surface area contributed by atoms with Gasteiger partial charge in [0.1, 0.15) is 23.3 Å². The van der Waals surface area contributed by atoms with E-state index in [9.17, 15) is 8.78 Å². The van der Waals surface area contributed by atoms with E-state index in [1.807, 2.05) is 0 Å². The molecule has 0 radical (unpaired) electrons. The van der Waals surface area contributed by atoms with Crippen molar-refractivity contribution in [2.75, 3.05) is 0 Å². The highest BCUT2D eigenvalue weighted by Gasteiger charge is 2.40. The molecule has 1 atom stereocenters. The Hall–Kier alpha value is -3.13. The third kappa shape index (κ3) is 6.12. The van der Waals surface area contributed by atoms with E-state index in [2.05, 4.69) is 48.1 Å². The van der Waals surface area contributed by atoms with Gasteiger partial charge in [-0.2, -0.15) is 5.26 Å². The molecule has 0 N–H and O–H groups in total. The van der Waals surface area contributed by atoms with E-state index in [1.54, 1.807) is 18.5 Å². The Balaban J connectivity index is 1.56. The summed E-state index contributed by atoms with van der Waals surface area (Å²) in [6, 6.07) is 12.7. The molecule has 38 heavy (non-hydrogen) atoms. The van der Waals surface area contributed by atoms with E-state index < -0.39 is 17.2 Å². The average Bonchev–Trinajstić information content (AvgIpc) is 2.95. The number of nitriles is 1. The molecular formula is C33H39F2N3. The zero-order chi connectivity index (χ0) is 27.0. The first-order valence-electron chi connectivity index (χ1n) is 14.3. The predicted octanol–water partition coefficient (Wildman–Crippen LogP) is 9.55. The summed E-state index contributed by atoms with van der Waals surface area (Å²) in [5.74, 6) is -0.867. The van der Waals surface area contributed by atoms with Crippen LogP contribution in [0.4, 0.5) is 8.78 Å². The molecule has 1 unspecified atom stereocenters. The second-order valence-electron chi connectivity index (χ2n) is 10.9. The lowest BCUT2D eigenvalue weighted by Gasteiger charge is -2.45. The van der Waals surface area contributed by atoms with Gasteiger partial charge in [-0.3, -0.25) is 0 Å². The van der Waals surface area contributed by atoms with Crippen molar-refractivity contribution in [1.29, 1.82) is 5.26 Å². The van der Waals surface area contributed by atoms with Crippen LogP contribution >= 0.6 is 0 Å². The highest BCUT2D eigenvalue weighted by Crippen LogP contribution is 2.49. The second-order valence-corrected chi connectivity index (χ2v) is 10.9. The number of rotatable bonds is 11. The molecule has 0 bridgehead atoms. The van der Waals surface area contributed by atoms with E-state index >= 15 is 0 Å². The van der Waals surface area contributed by atoms with Gasteiger partial charge in [0.05, 0.1) is 0 Å². The summed E-state index contributed by atoms with van der Waals surface area (Å²) in [5, 5.41) is 8.90.